The number of anilines is 2. The van der Waals surface area contributed by atoms with E-state index in [1.54, 1.807) is 11.0 Å². The van der Waals surface area contributed by atoms with Crippen LogP contribution >= 0.6 is 0 Å². The van der Waals surface area contributed by atoms with E-state index in [0.29, 0.717) is 41.7 Å². The summed E-state index contributed by atoms with van der Waals surface area (Å²) in [5, 5.41) is 3.10. The molecule has 3 aromatic heterocycles. The lowest BCUT2D eigenvalue weighted by Gasteiger charge is -2.42. The van der Waals surface area contributed by atoms with Gasteiger partial charge < -0.3 is 19.5 Å². The van der Waals surface area contributed by atoms with Crippen molar-refractivity contribution in [2.24, 2.45) is 5.92 Å². The number of imidazole rings is 1. The van der Waals surface area contributed by atoms with Crippen LogP contribution < -0.4 is 5.32 Å². The molecule has 44 heavy (non-hydrogen) atoms. The number of aryl methyl sites for hydroxylation is 1. The lowest BCUT2D eigenvalue weighted by molar-refractivity contribution is -0.00708. The molecule has 1 amide bonds. The Morgan fingerprint density at radius 2 is 1.89 bits per heavy atom. The second kappa shape index (κ2) is 11.4. The van der Waals surface area contributed by atoms with E-state index in [-0.39, 0.29) is 29.3 Å². The van der Waals surface area contributed by atoms with Gasteiger partial charge in [-0.2, -0.15) is 0 Å². The Balaban J connectivity index is 1.12. The molecule has 0 unspecified atom stereocenters. The summed E-state index contributed by atoms with van der Waals surface area (Å²) in [6, 6.07) is 6.92. The van der Waals surface area contributed by atoms with Crippen molar-refractivity contribution in [2.45, 2.75) is 66.2 Å². The van der Waals surface area contributed by atoms with Crippen LogP contribution in [0.3, 0.4) is 0 Å². The van der Waals surface area contributed by atoms with Crippen molar-refractivity contribution in [1.82, 2.24) is 34.3 Å². The van der Waals surface area contributed by atoms with Gasteiger partial charge in [0.15, 0.2) is 11.6 Å². The van der Waals surface area contributed by atoms with Crippen molar-refractivity contribution in [2.75, 3.05) is 31.5 Å². The molecule has 232 valence electrons. The molecule has 0 saturated carbocycles. The smallest absolute Gasteiger partial charge is 0.410 e. The number of pyridine rings is 1. The number of ether oxygens (including phenoxy) is 1. The van der Waals surface area contributed by atoms with Crippen LogP contribution in [0.1, 0.15) is 57.7 Å². The highest BCUT2D eigenvalue weighted by molar-refractivity contribution is 5.83. The average molecular weight is 605 g/mol. The molecule has 0 bridgehead atoms. The minimum absolute atomic E-state index is 0.00714. The van der Waals surface area contributed by atoms with E-state index in [4.69, 9.17) is 9.72 Å². The summed E-state index contributed by atoms with van der Waals surface area (Å²) in [5.74, 6) is 0.645. The van der Waals surface area contributed by atoms with Crippen molar-refractivity contribution in [1.29, 1.82) is 0 Å². The molecular formula is C32H38F2N8O2. The zero-order valence-electron chi connectivity index (χ0n) is 26.0. The van der Waals surface area contributed by atoms with E-state index in [1.165, 1.54) is 6.07 Å². The number of rotatable bonds is 6. The van der Waals surface area contributed by atoms with Gasteiger partial charge in [0.25, 0.3) is 0 Å². The van der Waals surface area contributed by atoms with Crippen LogP contribution in [0, 0.1) is 24.5 Å². The predicted molar refractivity (Wildman–Crippen MR) is 164 cm³/mol. The van der Waals surface area contributed by atoms with Crippen LogP contribution in [0.15, 0.2) is 30.5 Å². The lowest BCUT2D eigenvalue weighted by Crippen LogP contribution is -2.55. The number of likely N-dealkylation sites (tertiary alicyclic amines) is 1. The maximum atomic E-state index is 15.1. The highest BCUT2D eigenvalue weighted by atomic mass is 19.1. The summed E-state index contributed by atoms with van der Waals surface area (Å²) in [5.41, 5.74) is 2.78. The maximum Gasteiger partial charge on any atom is 0.410 e. The third-order valence-corrected chi connectivity index (χ3v) is 7.95. The molecule has 2 aliphatic rings. The first-order valence-electron chi connectivity index (χ1n) is 15.0. The van der Waals surface area contributed by atoms with Gasteiger partial charge in [-0.3, -0.25) is 4.90 Å². The summed E-state index contributed by atoms with van der Waals surface area (Å²) >= 11 is 0. The summed E-state index contributed by atoms with van der Waals surface area (Å²) in [4.78, 5) is 34.1. The molecule has 0 aliphatic carbocycles. The number of aromatic nitrogens is 5. The molecule has 5 heterocycles. The molecule has 1 fully saturated rings. The quantitative estimate of drug-likeness (QED) is 0.285. The molecule has 0 spiro atoms. The van der Waals surface area contributed by atoms with Crippen LogP contribution in [-0.4, -0.2) is 72.2 Å². The number of nitrogens with zero attached hydrogens (tertiary/aromatic N) is 7. The third-order valence-electron chi connectivity index (χ3n) is 7.95. The highest BCUT2D eigenvalue weighted by Gasteiger charge is 2.35. The normalized spacial score (nSPS) is 15.9. The Morgan fingerprint density at radius 3 is 2.61 bits per heavy atom. The van der Waals surface area contributed by atoms with Gasteiger partial charge in [0.2, 0.25) is 5.95 Å². The molecule has 6 rings (SSSR count). The van der Waals surface area contributed by atoms with Gasteiger partial charge in [-0.15, -0.1) is 0 Å². The Labute approximate surface area is 255 Å². The summed E-state index contributed by atoms with van der Waals surface area (Å²) in [6.07, 6.45) is 1.62. The summed E-state index contributed by atoms with van der Waals surface area (Å²) in [7, 11) is 0. The van der Waals surface area contributed by atoms with E-state index in [0.717, 1.165) is 43.5 Å². The maximum absolute atomic E-state index is 15.1. The molecule has 1 aromatic carbocycles. The van der Waals surface area contributed by atoms with Crippen molar-refractivity contribution in [3.05, 3.63) is 59.2 Å². The molecule has 1 saturated heterocycles. The summed E-state index contributed by atoms with van der Waals surface area (Å²) in [6.45, 7) is 15.4. The second-order valence-electron chi connectivity index (χ2n) is 13.0. The standard InChI is InChI=1S/C32H38F2N8O2/c1-18(2)42-19(3)36-29-23(33)11-22(12-26(29)42)28-24(34)13-35-30(39-28)38-27-8-7-21-17-40(10-9-25(21)37-27)14-20-15-41(16-20)31(43)44-32(4,5)6/h7-8,11-13,18,20H,9-10,14-17H2,1-6H3,(H,35,37,38,39). The number of nitrogens with one attached hydrogen (secondary N) is 1. The third kappa shape index (κ3) is 6.08. The van der Waals surface area contributed by atoms with E-state index in [2.05, 4.69) is 25.2 Å². The van der Waals surface area contributed by atoms with Crippen LogP contribution in [0.2, 0.25) is 0 Å². The Morgan fingerprint density at radius 1 is 1.11 bits per heavy atom. The zero-order chi connectivity index (χ0) is 31.3. The number of hydrogen-bond acceptors (Lipinski definition) is 8. The van der Waals surface area contributed by atoms with Crippen LogP contribution in [0.25, 0.3) is 22.3 Å². The summed E-state index contributed by atoms with van der Waals surface area (Å²) < 4.78 is 37.4. The van der Waals surface area contributed by atoms with Crippen molar-refractivity contribution >= 4 is 28.9 Å². The number of carbonyl (C=O) groups excluding carboxylic acids is 1. The fourth-order valence-electron chi connectivity index (χ4n) is 6.03. The van der Waals surface area contributed by atoms with Crippen LogP contribution in [-0.2, 0) is 17.7 Å². The first-order chi connectivity index (χ1) is 20.8. The van der Waals surface area contributed by atoms with Crippen molar-refractivity contribution in [3.8, 4) is 11.3 Å². The Bertz CT molecular complexity index is 1730. The molecular weight excluding hydrogens is 566 g/mol. The van der Waals surface area contributed by atoms with Crippen molar-refractivity contribution in [3.63, 3.8) is 0 Å². The van der Waals surface area contributed by atoms with Gasteiger partial charge in [0, 0.05) is 62.4 Å². The van der Waals surface area contributed by atoms with Gasteiger partial charge in [0.1, 0.15) is 28.5 Å². The molecule has 10 nitrogen and oxygen atoms in total. The minimum Gasteiger partial charge on any atom is -0.444 e. The fourth-order valence-corrected chi connectivity index (χ4v) is 6.03. The number of benzene rings is 1. The lowest BCUT2D eigenvalue weighted by atomic mass is 9.98. The van der Waals surface area contributed by atoms with Gasteiger partial charge in [0.05, 0.1) is 11.7 Å². The first kappa shape index (κ1) is 29.9. The zero-order valence-corrected chi connectivity index (χ0v) is 26.0. The SMILES string of the molecule is Cc1nc2c(F)cc(-c3nc(Nc4ccc5c(n4)CCN(CC4CN(C(=O)OC(C)(C)C)C4)C5)ncc3F)cc2n1C(C)C. The molecule has 12 heteroatoms. The molecule has 2 aliphatic heterocycles. The van der Waals surface area contributed by atoms with Gasteiger partial charge >= 0.3 is 6.09 Å². The number of fused-ring (bicyclic) bond motifs is 2. The molecule has 1 N–H and O–H groups in total. The monoisotopic (exact) mass is 604 g/mol. The van der Waals surface area contributed by atoms with E-state index < -0.39 is 17.2 Å². The van der Waals surface area contributed by atoms with Gasteiger partial charge in [-0.1, -0.05) is 6.07 Å². The minimum atomic E-state index is -0.652. The molecule has 0 atom stereocenters. The van der Waals surface area contributed by atoms with Gasteiger partial charge in [-0.05, 0) is 65.3 Å². The highest BCUT2D eigenvalue weighted by Crippen LogP contribution is 2.31. The predicted octanol–water partition coefficient (Wildman–Crippen LogP) is 6.02. The number of halogens is 2. The van der Waals surface area contributed by atoms with E-state index in [9.17, 15) is 9.18 Å². The average Bonchev–Trinajstić information content (AvgIpc) is 3.27. The second-order valence-corrected chi connectivity index (χ2v) is 13.0. The van der Waals surface area contributed by atoms with Crippen LogP contribution in [0.5, 0.6) is 0 Å². The Hall–Kier alpha value is -4.19. The molecule has 4 aromatic rings. The first-order valence-corrected chi connectivity index (χ1v) is 15.0. The number of carbonyl (C=O) groups is 1. The van der Waals surface area contributed by atoms with E-state index in [1.807, 2.05) is 58.2 Å². The Kier molecular flexibility index (Phi) is 7.73. The van der Waals surface area contributed by atoms with E-state index >= 15 is 4.39 Å². The largest absolute Gasteiger partial charge is 0.444 e. The van der Waals surface area contributed by atoms with Crippen molar-refractivity contribution < 1.29 is 18.3 Å². The number of hydrogen-bond donors (Lipinski definition) is 1. The number of amides is 1. The topological polar surface area (TPSA) is 101 Å². The molecule has 0 radical (unpaired) electrons. The van der Waals surface area contributed by atoms with Crippen LogP contribution in [0.4, 0.5) is 25.3 Å². The van der Waals surface area contributed by atoms with Gasteiger partial charge in [-0.25, -0.2) is 33.5 Å². The fraction of sp³-hybridized carbons (Fsp3) is 0.469.